The molecular formula is C9H17N. The summed E-state index contributed by atoms with van der Waals surface area (Å²) in [4.78, 5) is 0. The highest BCUT2D eigenvalue weighted by molar-refractivity contribution is 5.09. The zero-order chi connectivity index (χ0) is 7.40. The van der Waals surface area contributed by atoms with E-state index in [1.165, 1.54) is 19.3 Å². The molecule has 0 unspecified atom stereocenters. The molecule has 1 fully saturated rings. The molecule has 0 bridgehead atoms. The van der Waals surface area contributed by atoms with Crippen LogP contribution < -0.4 is 5.32 Å². The summed E-state index contributed by atoms with van der Waals surface area (Å²) in [5.41, 5.74) is 1.57. The summed E-state index contributed by atoms with van der Waals surface area (Å²) in [7, 11) is 2.01. The lowest BCUT2D eigenvalue weighted by Crippen LogP contribution is -2.10. The maximum atomic E-state index is 3.18. The van der Waals surface area contributed by atoms with Gasteiger partial charge in [-0.3, -0.25) is 0 Å². The third kappa shape index (κ3) is 2.53. The minimum atomic E-state index is 0.934. The second kappa shape index (κ2) is 3.77. The topological polar surface area (TPSA) is 12.0 Å². The van der Waals surface area contributed by atoms with Gasteiger partial charge in [-0.05, 0) is 32.2 Å². The normalized spacial score (nSPS) is 19.6. The fourth-order valence-electron chi connectivity index (χ4n) is 1.13. The number of hydrogen-bond acceptors (Lipinski definition) is 1. The molecule has 0 aliphatic heterocycles. The molecule has 0 radical (unpaired) electrons. The van der Waals surface area contributed by atoms with Crippen molar-refractivity contribution in [3.05, 3.63) is 11.6 Å². The average Bonchev–Trinajstić information content (AvgIpc) is 2.71. The molecule has 0 amide bonds. The molecule has 0 spiro atoms. The predicted octanol–water partition coefficient (Wildman–Crippen LogP) is 1.95. The van der Waals surface area contributed by atoms with Gasteiger partial charge in [0.25, 0.3) is 0 Å². The second-order valence-corrected chi connectivity index (χ2v) is 3.05. The van der Waals surface area contributed by atoms with Gasteiger partial charge < -0.3 is 5.32 Å². The predicted molar refractivity (Wildman–Crippen MR) is 45.0 cm³/mol. The van der Waals surface area contributed by atoms with E-state index in [9.17, 15) is 0 Å². The lowest BCUT2D eigenvalue weighted by molar-refractivity contribution is 0.832. The zero-order valence-corrected chi connectivity index (χ0v) is 6.98. The molecule has 0 aromatic carbocycles. The van der Waals surface area contributed by atoms with E-state index >= 15 is 0 Å². The monoisotopic (exact) mass is 139 g/mol. The van der Waals surface area contributed by atoms with Crippen LogP contribution in [0.2, 0.25) is 0 Å². The summed E-state index contributed by atoms with van der Waals surface area (Å²) in [6, 6.07) is 0. The molecule has 0 atom stereocenters. The van der Waals surface area contributed by atoms with Gasteiger partial charge in [0.15, 0.2) is 0 Å². The number of likely N-dealkylation sites (N-methyl/N-ethyl adjacent to an activating group) is 1. The van der Waals surface area contributed by atoms with E-state index in [1.807, 2.05) is 7.05 Å². The molecule has 1 aliphatic carbocycles. The molecule has 1 aliphatic rings. The van der Waals surface area contributed by atoms with E-state index in [-0.39, 0.29) is 0 Å². The standard InChI is InChI=1S/C9H17N/c1-3-8(7-10-2)6-9-4-5-9/h6,9-10H,3-5,7H2,1-2H3. The molecule has 0 heterocycles. The van der Waals surface area contributed by atoms with Crippen LogP contribution in [0.1, 0.15) is 26.2 Å². The summed E-state index contributed by atoms with van der Waals surface area (Å²) in [6.07, 6.45) is 6.49. The summed E-state index contributed by atoms with van der Waals surface area (Å²) < 4.78 is 0. The third-order valence-corrected chi connectivity index (χ3v) is 1.95. The van der Waals surface area contributed by atoms with Gasteiger partial charge in [0.1, 0.15) is 0 Å². The molecule has 1 saturated carbocycles. The summed E-state index contributed by atoms with van der Waals surface area (Å²) in [5.74, 6) is 0.934. The van der Waals surface area contributed by atoms with E-state index in [0.29, 0.717) is 0 Å². The minimum Gasteiger partial charge on any atom is -0.316 e. The molecule has 1 nitrogen and oxygen atoms in total. The van der Waals surface area contributed by atoms with Crippen LogP contribution in [0, 0.1) is 5.92 Å². The number of rotatable bonds is 4. The smallest absolute Gasteiger partial charge is 0.0161 e. The molecule has 1 heteroatoms. The van der Waals surface area contributed by atoms with Crippen LogP contribution in [0.3, 0.4) is 0 Å². The first-order valence-electron chi connectivity index (χ1n) is 4.21. The first kappa shape index (κ1) is 7.80. The van der Waals surface area contributed by atoms with Crippen LogP contribution in [0.25, 0.3) is 0 Å². The fourth-order valence-corrected chi connectivity index (χ4v) is 1.13. The van der Waals surface area contributed by atoms with Crippen molar-refractivity contribution in [3.63, 3.8) is 0 Å². The first-order chi connectivity index (χ1) is 4.86. The zero-order valence-electron chi connectivity index (χ0n) is 6.98. The summed E-state index contributed by atoms with van der Waals surface area (Å²) >= 11 is 0. The van der Waals surface area contributed by atoms with Crippen molar-refractivity contribution in [3.8, 4) is 0 Å². The van der Waals surface area contributed by atoms with Crippen LogP contribution in [-0.2, 0) is 0 Å². The minimum absolute atomic E-state index is 0.934. The lowest BCUT2D eigenvalue weighted by Gasteiger charge is -2.01. The number of nitrogens with one attached hydrogen (secondary N) is 1. The molecule has 0 saturated heterocycles. The van der Waals surface area contributed by atoms with E-state index in [4.69, 9.17) is 0 Å². The molecule has 10 heavy (non-hydrogen) atoms. The molecule has 1 N–H and O–H groups in total. The Morgan fingerprint density at radius 3 is 2.70 bits per heavy atom. The quantitative estimate of drug-likeness (QED) is 0.587. The summed E-state index contributed by atoms with van der Waals surface area (Å²) in [6.45, 7) is 3.30. The van der Waals surface area contributed by atoms with Crippen molar-refractivity contribution in [2.75, 3.05) is 13.6 Å². The van der Waals surface area contributed by atoms with Crippen molar-refractivity contribution in [2.45, 2.75) is 26.2 Å². The van der Waals surface area contributed by atoms with Gasteiger partial charge in [-0.2, -0.15) is 0 Å². The van der Waals surface area contributed by atoms with Gasteiger partial charge in [-0.1, -0.05) is 18.6 Å². The Bertz CT molecular complexity index is 123. The van der Waals surface area contributed by atoms with Crippen LogP contribution >= 0.6 is 0 Å². The largest absolute Gasteiger partial charge is 0.316 e. The Hall–Kier alpha value is -0.300. The molecule has 1 rings (SSSR count). The third-order valence-electron chi connectivity index (χ3n) is 1.95. The highest BCUT2D eigenvalue weighted by Gasteiger charge is 2.18. The maximum absolute atomic E-state index is 3.18. The van der Waals surface area contributed by atoms with Crippen molar-refractivity contribution in [1.29, 1.82) is 0 Å². The Morgan fingerprint density at radius 2 is 2.30 bits per heavy atom. The van der Waals surface area contributed by atoms with Crippen LogP contribution in [-0.4, -0.2) is 13.6 Å². The van der Waals surface area contributed by atoms with Gasteiger partial charge in [0.2, 0.25) is 0 Å². The van der Waals surface area contributed by atoms with Gasteiger partial charge in [0.05, 0.1) is 0 Å². The van der Waals surface area contributed by atoms with Gasteiger partial charge in [-0.15, -0.1) is 0 Å². The Kier molecular flexibility index (Phi) is 2.94. The number of allylic oxidation sites excluding steroid dienone is 1. The van der Waals surface area contributed by atoms with Gasteiger partial charge >= 0.3 is 0 Å². The van der Waals surface area contributed by atoms with Gasteiger partial charge in [0, 0.05) is 6.54 Å². The highest BCUT2D eigenvalue weighted by atomic mass is 14.8. The van der Waals surface area contributed by atoms with Crippen molar-refractivity contribution in [1.82, 2.24) is 5.32 Å². The van der Waals surface area contributed by atoms with E-state index < -0.39 is 0 Å². The molecule has 58 valence electrons. The fraction of sp³-hybridized carbons (Fsp3) is 0.778. The Balaban J connectivity index is 2.29. The SMILES string of the molecule is CCC(=CC1CC1)CNC. The maximum Gasteiger partial charge on any atom is 0.0161 e. The van der Waals surface area contributed by atoms with Crippen LogP contribution in [0.5, 0.6) is 0 Å². The Morgan fingerprint density at radius 1 is 1.60 bits per heavy atom. The number of hydrogen-bond donors (Lipinski definition) is 1. The lowest BCUT2D eigenvalue weighted by atomic mass is 10.1. The van der Waals surface area contributed by atoms with Crippen LogP contribution in [0.15, 0.2) is 11.6 Å². The first-order valence-corrected chi connectivity index (χ1v) is 4.21. The average molecular weight is 139 g/mol. The molecule has 0 aromatic heterocycles. The second-order valence-electron chi connectivity index (χ2n) is 3.05. The van der Waals surface area contributed by atoms with Crippen molar-refractivity contribution < 1.29 is 0 Å². The van der Waals surface area contributed by atoms with Crippen molar-refractivity contribution in [2.24, 2.45) is 5.92 Å². The van der Waals surface area contributed by atoms with E-state index in [1.54, 1.807) is 5.57 Å². The highest BCUT2D eigenvalue weighted by Crippen LogP contribution is 2.31. The van der Waals surface area contributed by atoms with Gasteiger partial charge in [-0.25, -0.2) is 0 Å². The van der Waals surface area contributed by atoms with E-state index in [0.717, 1.165) is 12.5 Å². The van der Waals surface area contributed by atoms with Crippen molar-refractivity contribution >= 4 is 0 Å². The molecular weight excluding hydrogens is 122 g/mol. The molecule has 0 aromatic rings. The van der Waals surface area contributed by atoms with Crippen LogP contribution in [0.4, 0.5) is 0 Å². The Labute approximate surface area is 63.5 Å². The van der Waals surface area contributed by atoms with E-state index in [2.05, 4.69) is 18.3 Å². The summed E-state index contributed by atoms with van der Waals surface area (Å²) in [5, 5.41) is 3.18.